The highest BCUT2D eigenvalue weighted by atomic mass is 16.6. The molecule has 34 heavy (non-hydrogen) atoms. The van der Waals surface area contributed by atoms with Gasteiger partial charge >= 0.3 is 6.09 Å². The molecule has 6 heteroatoms. The number of ether oxygens (including phenoxy) is 1. The Bertz CT molecular complexity index is 837. The summed E-state index contributed by atoms with van der Waals surface area (Å²) >= 11 is 0. The van der Waals surface area contributed by atoms with Gasteiger partial charge in [-0.25, -0.2) is 4.79 Å². The van der Waals surface area contributed by atoms with E-state index in [1.807, 2.05) is 34.6 Å². The number of carbonyl (C=O) groups is 1. The number of hydrogen-bond donors (Lipinski definition) is 1. The molecule has 0 bridgehead atoms. The van der Waals surface area contributed by atoms with E-state index in [4.69, 9.17) is 9.26 Å². The minimum Gasteiger partial charge on any atom is -0.444 e. The Morgan fingerprint density at radius 2 is 1.62 bits per heavy atom. The van der Waals surface area contributed by atoms with Gasteiger partial charge in [0.15, 0.2) is 0 Å². The van der Waals surface area contributed by atoms with Gasteiger partial charge in [-0.05, 0) is 45.1 Å². The molecule has 0 saturated carbocycles. The second-order valence-electron chi connectivity index (χ2n) is 10.6. The lowest BCUT2D eigenvalue weighted by Gasteiger charge is -2.24. The largest absolute Gasteiger partial charge is 0.444 e. The van der Waals surface area contributed by atoms with Crippen molar-refractivity contribution in [2.45, 2.75) is 117 Å². The maximum Gasteiger partial charge on any atom is 0.407 e. The molecular formula is C28H45N3O3. The average molecular weight is 472 g/mol. The number of nitrogens with zero attached hydrogens (tertiary/aromatic N) is 2. The molecule has 2 aromatic rings. The summed E-state index contributed by atoms with van der Waals surface area (Å²) in [5, 5.41) is 7.08. The number of unbranched alkanes of at least 4 members (excludes halogenated alkanes) is 7. The quantitative estimate of drug-likeness (QED) is 0.288. The van der Waals surface area contributed by atoms with Gasteiger partial charge in [0.05, 0.1) is 0 Å². The van der Waals surface area contributed by atoms with E-state index in [0.717, 1.165) is 12.0 Å². The van der Waals surface area contributed by atoms with E-state index >= 15 is 0 Å². The summed E-state index contributed by atoms with van der Waals surface area (Å²) in [6, 6.07) is 8.29. The first kappa shape index (κ1) is 27.9. The van der Waals surface area contributed by atoms with Crippen molar-refractivity contribution in [3.05, 3.63) is 35.7 Å². The molecule has 0 aliphatic rings. The zero-order valence-electron chi connectivity index (χ0n) is 22.2. The summed E-state index contributed by atoms with van der Waals surface area (Å²) < 4.78 is 10.9. The van der Waals surface area contributed by atoms with Crippen LogP contribution in [0.5, 0.6) is 0 Å². The molecule has 0 saturated heterocycles. The van der Waals surface area contributed by atoms with Crippen LogP contribution in [0, 0.1) is 5.92 Å². The van der Waals surface area contributed by atoms with Crippen molar-refractivity contribution in [2.75, 3.05) is 0 Å². The average Bonchev–Trinajstić information content (AvgIpc) is 3.23. The van der Waals surface area contributed by atoms with Gasteiger partial charge in [0, 0.05) is 18.0 Å². The minimum atomic E-state index is -0.538. The smallest absolute Gasteiger partial charge is 0.407 e. The molecule has 0 aliphatic carbocycles. The van der Waals surface area contributed by atoms with E-state index in [9.17, 15) is 4.79 Å². The lowest BCUT2D eigenvalue weighted by Crippen LogP contribution is -2.43. The van der Waals surface area contributed by atoms with Crippen molar-refractivity contribution in [3.8, 4) is 11.4 Å². The molecule has 0 aliphatic heterocycles. The molecule has 1 N–H and O–H groups in total. The minimum absolute atomic E-state index is 0.155. The highest BCUT2D eigenvalue weighted by molar-refractivity contribution is 5.68. The van der Waals surface area contributed by atoms with Crippen LogP contribution in [0.1, 0.15) is 104 Å². The van der Waals surface area contributed by atoms with Gasteiger partial charge in [-0.15, -0.1) is 0 Å². The number of alkyl carbamates (subject to hydrolysis) is 1. The zero-order chi connectivity index (χ0) is 25.0. The van der Waals surface area contributed by atoms with E-state index in [1.165, 1.54) is 56.9 Å². The van der Waals surface area contributed by atoms with Crippen molar-refractivity contribution >= 4 is 6.09 Å². The Morgan fingerprint density at radius 1 is 1.00 bits per heavy atom. The lowest BCUT2D eigenvalue weighted by atomic mass is 10.0. The maximum atomic E-state index is 12.2. The first-order chi connectivity index (χ1) is 16.2. The number of amides is 1. The molecule has 0 radical (unpaired) electrons. The fourth-order valence-electron chi connectivity index (χ4n) is 3.84. The highest BCUT2D eigenvalue weighted by Crippen LogP contribution is 2.20. The Morgan fingerprint density at radius 3 is 2.21 bits per heavy atom. The summed E-state index contributed by atoms with van der Waals surface area (Å²) in [4.78, 5) is 16.7. The predicted octanol–water partition coefficient (Wildman–Crippen LogP) is 7.51. The van der Waals surface area contributed by atoms with Crippen LogP contribution in [0.3, 0.4) is 0 Å². The SMILES string of the molecule is CCCCCCCCCCc1ccc(-c2noc(C[C@@H](NC(=O)OC(C)(C)C)C(C)C)n2)cc1. The highest BCUT2D eigenvalue weighted by Gasteiger charge is 2.24. The molecule has 1 heterocycles. The third-order valence-electron chi connectivity index (χ3n) is 5.90. The summed E-state index contributed by atoms with van der Waals surface area (Å²) in [6.45, 7) is 11.9. The normalized spacial score (nSPS) is 12.7. The van der Waals surface area contributed by atoms with Gasteiger partial charge in [-0.1, -0.05) is 95.1 Å². The molecule has 1 aromatic carbocycles. The first-order valence-corrected chi connectivity index (χ1v) is 13.1. The summed E-state index contributed by atoms with van der Waals surface area (Å²) in [5.41, 5.74) is 1.75. The lowest BCUT2D eigenvalue weighted by molar-refractivity contribution is 0.0488. The van der Waals surface area contributed by atoms with Crippen molar-refractivity contribution in [2.24, 2.45) is 5.92 Å². The number of aryl methyl sites for hydroxylation is 1. The van der Waals surface area contributed by atoms with E-state index in [-0.39, 0.29) is 12.0 Å². The first-order valence-electron chi connectivity index (χ1n) is 13.1. The van der Waals surface area contributed by atoms with Crippen LogP contribution >= 0.6 is 0 Å². The number of hydrogen-bond acceptors (Lipinski definition) is 5. The van der Waals surface area contributed by atoms with Crippen LogP contribution < -0.4 is 5.32 Å². The van der Waals surface area contributed by atoms with Crippen molar-refractivity contribution in [1.82, 2.24) is 15.5 Å². The van der Waals surface area contributed by atoms with Crippen molar-refractivity contribution in [1.29, 1.82) is 0 Å². The fourth-order valence-corrected chi connectivity index (χ4v) is 3.84. The Labute approximate surface area is 206 Å². The Hall–Kier alpha value is -2.37. The molecule has 6 nitrogen and oxygen atoms in total. The summed E-state index contributed by atoms with van der Waals surface area (Å²) in [7, 11) is 0. The Balaban J connectivity index is 1.82. The van der Waals surface area contributed by atoms with Gasteiger partial charge in [-0.3, -0.25) is 0 Å². The third kappa shape index (κ3) is 10.7. The van der Waals surface area contributed by atoms with Crippen LogP contribution in [0.2, 0.25) is 0 Å². The number of aromatic nitrogens is 2. The van der Waals surface area contributed by atoms with E-state index < -0.39 is 11.7 Å². The van der Waals surface area contributed by atoms with E-state index in [1.54, 1.807) is 0 Å². The van der Waals surface area contributed by atoms with E-state index in [2.05, 4.69) is 46.6 Å². The predicted molar refractivity (Wildman–Crippen MR) is 138 cm³/mol. The summed E-state index contributed by atoms with van der Waals surface area (Å²) in [6.07, 6.45) is 11.8. The molecule has 1 aromatic heterocycles. The van der Waals surface area contributed by atoms with Gasteiger partial charge in [-0.2, -0.15) is 4.98 Å². The molecule has 0 unspecified atom stereocenters. The van der Waals surface area contributed by atoms with Crippen LogP contribution in [0.25, 0.3) is 11.4 Å². The molecule has 1 atom stereocenters. The second kappa shape index (κ2) is 14.1. The molecule has 2 rings (SSSR count). The summed E-state index contributed by atoms with van der Waals surface area (Å²) in [5.74, 6) is 1.28. The number of benzene rings is 1. The molecule has 1 amide bonds. The van der Waals surface area contributed by atoms with E-state index in [0.29, 0.717) is 18.1 Å². The van der Waals surface area contributed by atoms with Gasteiger partial charge in [0.2, 0.25) is 11.7 Å². The third-order valence-corrected chi connectivity index (χ3v) is 5.90. The second-order valence-corrected chi connectivity index (χ2v) is 10.6. The number of nitrogens with one attached hydrogen (secondary N) is 1. The van der Waals surface area contributed by atoms with Crippen LogP contribution in [-0.2, 0) is 17.6 Å². The fraction of sp³-hybridized carbons (Fsp3) is 0.679. The molecule has 0 fully saturated rings. The van der Waals surface area contributed by atoms with Gasteiger partial charge in [0.25, 0.3) is 0 Å². The molecule has 0 spiro atoms. The Kier molecular flexibility index (Phi) is 11.6. The zero-order valence-corrected chi connectivity index (χ0v) is 22.2. The van der Waals surface area contributed by atoms with Gasteiger partial charge < -0.3 is 14.6 Å². The van der Waals surface area contributed by atoms with Crippen LogP contribution in [0.15, 0.2) is 28.8 Å². The topological polar surface area (TPSA) is 77.2 Å². The molecule has 190 valence electrons. The van der Waals surface area contributed by atoms with Crippen molar-refractivity contribution in [3.63, 3.8) is 0 Å². The maximum absolute atomic E-state index is 12.2. The number of carbonyl (C=O) groups excluding carboxylic acids is 1. The monoisotopic (exact) mass is 471 g/mol. The van der Waals surface area contributed by atoms with Crippen LogP contribution in [-0.4, -0.2) is 27.9 Å². The van der Waals surface area contributed by atoms with Crippen LogP contribution in [0.4, 0.5) is 4.79 Å². The molecular weight excluding hydrogens is 426 g/mol. The van der Waals surface area contributed by atoms with Gasteiger partial charge in [0.1, 0.15) is 5.60 Å². The van der Waals surface area contributed by atoms with Crippen molar-refractivity contribution < 1.29 is 14.1 Å². The standard InChI is InChI=1S/C28H45N3O3/c1-7-8-9-10-11-12-13-14-15-22-16-18-23(19-17-22)26-30-25(34-31-26)20-24(21(2)3)29-27(32)33-28(4,5)6/h16-19,21,24H,7-15,20H2,1-6H3,(H,29,32)/t24-/m1/s1. The number of rotatable bonds is 14.